The van der Waals surface area contributed by atoms with Gasteiger partial charge in [0.1, 0.15) is 0 Å². The van der Waals surface area contributed by atoms with Gasteiger partial charge in [0.2, 0.25) is 5.91 Å². The summed E-state index contributed by atoms with van der Waals surface area (Å²) in [5.41, 5.74) is 2.82. The molecular formula is C19H29ClN2O. The van der Waals surface area contributed by atoms with E-state index in [1.165, 1.54) is 11.1 Å². The second-order valence-electron chi connectivity index (χ2n) is 7.71. The fourth-order valence-corrected chi connectivity index (χ4v) is 3.97. The minimum absolute atomic E-state index is 0. The van der Waals surface area contributed by atoms with E-state index < -0.39 is 0 Å². The summed E-state index contributed by atoms with van der Waals surface area (Å²) in [5.74, 6) is 0.393. The summed E-state index contributed by atoms with van der Waals surface area (Å²) in [6.45, 7) is 7.67. The largest absolute Gasteiger partial charge is 0.349 e. The molecule has 1 aromatic rings. The number of halogens is 1. The molecule has 2 aliphatic rings. The van der Waals surface area contributed by atoms with E-state index in [1.54, 1.807) is 0 Å². The van der Waals surface area contributed by atoms with Crippen LogP contribution in [0.1, 0.15) is 57.2 Å². The number of carbonyl (C=O) groups excluding carboxylic acids is 1. The van der Waals surface area contributed by atoms with E-state index in [0.717, 1.165) is 32.2 Å². The fourth-order valence-electron chi connectivity index (χ4n) is 3.97. The lowest BCUT2D eigenvalue weighted by Gasteiger charge is -2.41. The van der Waals surface area contributed by atoms with E-state index >= 15 is 0 Å². The first-order chi connectivity index (χ1) is 10.5. The number of piperidine rings is 1. The van der Waals surface area contributed by atoms with Crippen LogP contribution < -0.4 is 10.6 Å². The third-order valence-corrected chi connectivity index (χ3v) is 5.47. The number of amides is 1. The average Bonchev–Trinajstić information content (AvgIpc) is 2.50. The first-order valence-electron chi connectivity index (χ1n) is 8.59. The highest BCUT2D eigenvalue weighted by Gasteiger charge is 2.38. The van der Waals surface area contributed by atoms with Crippen molar-refractivity contribution in [1.29, 1.82) is 0 Å². The number of hydrogen-bond donors (Lipinski definition) is 2. The van der Waals surface area contributed by atoms with Crippen molar-refractivity contribution in [3.63, 3.8) is 0 Å². The lowest BCUT2D eigenvalue weighted by atomic mass is 9.70. The third kappa shape index (κ3) is 3.89. The van der Waals surface area contributed by atoms with Gasteiger partial charge in [-0.25, -0.2) is 0 Å². The van der Waals surface area contributed by atoms with Crippen LogP contribution in [0.4, 0.5) is 0 Å². The number of benzene rings is 1. The molecule has 1 aromatic carbocycles. The Labute approximate surface area is 146 Å². The minimum Gasteiger partial charge on any atom is -0.349 e. The quantitative estimate of drug-likeness (QED) is 0.866. The van der Waals surface area contributed by atoms with Crippen LogP contribution in [-0.2, 0) is 11.2 Å². The maximum absolute atomic E-state index is 12.8. The van der Waals surface area contributed by atoms with Crippen LogP contribution in [0.3, 0.4) is 0 Å². The standard InChI is InChI=1S/C19H28N2O.ClH/c1-13-12-15(9-11-20-13)18(22)21-17-16-7-5-4-6-14(16)8-10-19(17,2)3;/h4-7,13,15,17,20H,8-12H2,1-3H3,(H,21,22);1H/t13-,15-,17?;/m0./s1. The summed E-state index contributed by atoms with van der Waals surface area (Å²) in [6, 6.07) is 9.16. The van der Waals surface area contributed by atoms with Gasteiger partial charge in [-0.2, -0.15) is 0 Å². The highest BCUT2D eigenvalue weighted by molar-refractivity contribution is 5.85. The molecule has 0 radical (unpaired) electrons. The van der Waals surface area contributed by atoms with E-state index in [1.807, 2.05) is 0 Å². The van der Waals surface area contributed by atoms with Crippen molar-refractivity contribution in [1.82, 2.24) is 10.6 Å². The van der Waals surface area contributed by atoms with E-state index in [0.29, 0.717) is 6.04 Å². The Morgan fingerprint density at radius 2 is 2.04 bits per heavy atom. The van der Waals surface area contributed by atoms with Crippen LogP contribution in [0.2, 0.25) is 0 Å². The van der Waals surface area contributed by atoms with Crippen LogP contribution >= 0.6 is 12.4 Å². The maximum Gasteiger partial charge on any atom is 0.223 e. The van der Waals surface area contributed by atoms with Gasteiger partial charge in [-0.05, 0) is 55.7 Å². The molecule has 23 heavy (non-hydrogen) atoms. The first kappa shape index (κ1) is 18.3. The Hall–Kier alpha value is -1.06. The normalized spacial score (nSPS) is 29.1. The second kappa shape index (κ2) is 7.23. The fraction of sp³-hybridized carbons (Fsp3) is 0.632. The molecule has 1 aliphatic carbocycles. The summed E-state index contributed by atoms with van der Waals surface area (Å²) >= 11 is 0. The predicted molar refractivity (Wildman–Crippen MR) is 96.9 cm³/mol. The SMILES string of the molecule is C[C@H]1C[C@@H](C(=O)NC2c3ccccc3CCC2(C)C)CCN1.Cl. The number of carbonyl (C=O) groups is 1. The van der Waals surface area contributed by atoms with Gasteiger partial charge in [-0.3, -0.25) is 4.79 Å². The zero-order valence-corrected chi connectivity index (χ0v) is 15.2. The van der Waals surface area contributed by atoms with Crippen LogP contribution in [0.15, 0.2) is 24.3 Å². The van der Waals surface area contributed by atoms with Crippen molar-refractivity contribution in [3.05, 3.63) is 35.4 Å². The van der Waals surface area contributed by atoms with Crippen molar-refractivity contribution >= 4 is 18.3 Å². The lowest BCUT2D eigenvalue weighted by Crippen LogP contribution is -2.47. The number of rotatable bonds is 2. The molecule has 1 amide bonds. The number of aryl methyl sites for hydroxylation is 1. The van der Waals surface area contributed by atoms with Crippen LogP contribution in [0, 0.1) is 11.3 Å². The lowest BCUT2D eigenvalue weighted by molar-refractivity contribution is -0.127. The summed E-state index contributed by atoms with van der Waals surface area (Å²) < 4.78 is 0. The molecule has 3 atom stereocenters. The Kier molecular flexibility index (Phi) is 5.74. The smallest absolute Gasteiger partial charge is 0.223 e. The van der Waals surface area contributed by atoms with E-state index in [-0.39, 0.29) is 35.7 Å². The summed E-state index contributed by atoms with van der Waals surface area (Å²) in [5, 5.41) is 6.81. The first-order valence-corrected chi connectivity index (χ1v) is 8.59. The third-order valence-electron chi connectivity index (χ3n) is 5.47. The van der Waals surface area contributed by atoms with Crippen molar-refractivity contribution < 1.29 is 4.79 Å². The highest BCUT2D eigenvalue weighted by atomic mass is 35.5. The van der Waals surface area contributed by atoms with E-state index in [2.05, 4.69) is 55.7 Å². The van der Waals surface area contributed by atoms with E-state index in [4.69, 9.17) is 0 Å². The summed E-state index contributed by atoms with van der Waals surface area (Å²) in [7, 11) is 0. The Morgan fingerprint density at radius 1 is 1.30 bits per heavy atom. The van der Waals surface area contributed by atoms with Gasteiger partial charge in [-0.15, -0.1) is 12.4 Å². The van der Waals surface area contributed by atoms with Crippen LogP contribution in [0.25, 0.3) is 0 Å². The average molecular weight is 337 g/mol. The Morgan fingerprint density at radius 3 is 2.78 bits per heavy atom. The van der Waals surface area contributed by atoms with Gasteiger partial charge in [0, 0.05) is 12.0 Å². The molecule has 2 N–H and O–H groups in total. The molecule has 128 valence electrons. The summed E-state index contributed by atoms with van der Waals surface area (Å²) in [4.78, 5) is 12.8. The van der Waals surface area contributed by atoms with Crippen LogP contribution in [0.5, 0.6) is 0 Å². The van der Waals surface area contributed by atoms with Crippen LogP contribution in [-0.4, -0.2) is 18.5 Å². The molecule has 4 heteroatoms. The Balaban J connectivity index is 0.00000192. The second-order valence-corrected chi connectivity index (χ2v) is 7.71. The minimum atomic E-state index is 0. The predicted octanol–water partition coefficient (Wildman–Crippen LogP) is 3.63. The van der Waals surface area contributed by atoms with Crippen molar-refractivity contribution in [2.75, 3.05) is 6.54 Å². The monoisotopic (exact) mass is 336 g/mol. The number of hydrogen-bond acceptors (Lipinski definition) is 2. The molecule has 1 fully saturated rings. The molecule has 3 nitrogen and oxygen atoms in total. The van der Waals surface area contributed by atoms with Gasteiger partial charge in [-0.1, -0.05) is 38.1 Å². The van der Waals surface area contributed by atoms with E-state index in [9.17, 15) is 4.79 Å². The molecule has 0 spiro atoms. The number of nitrogens with one attached hydrogen (secondary N) is 2. The molecule has 0 aromatic heterocycles. The Bertz CT molecular complexity index is 558. The van der Waals surface area contributed by atoms with Gasteiger partial charge in [0.05, 0.1) is 6.04 Å². The molecule has 1 unspecified atom stereocenters. The molecule has 0 saturated carbocycles. The molecule has 3 rings (SSSR count). The molecular weight excluding hydrogens is 308 g/mol. The highest BCUT2D eigenvalue weighted by Crippen LogP contribution is 2.43. The van der Waals surface area contributed by atoms with Gasteiger partial charge in [0.15, 0.2) is 0 Å². The topological polar surface area (TPSA) is 41.1 Å². The van der Waals surface area contributed by atoms with Gasteiger partial charge >= 0.3 is 0 Å². The molecule has 1 heterocycles. The zero-order chi connectivity index (χ0) is 15.7. The number of fused-ring (bicyclic) bond motifs is 1. The maximum atomic E-state index is 12.8. The molecule has 0 bridgehead atoms. The molecule has 1 saturated heterocycles. The van der Waals surface area contributed by atoms with Crippen molar-refractivity contribution in [3.8, 4) is 0 Å². The van der Waals surface area contributed by atoms with Crippen molar-refractivity contribution in [2.24, 2.45) is 11.3 Å². The zero-order valence-electron chi connectivity index (χ0n) is 14.4. The van der Waals surface area contributed by atoms with Crippen molar-refractivity contribution in [2.45, 2.75) is 58.5 Å². The van der Waals surface area contributed by atoms with Gasteiger partial charge < -0.3 is 10.6 Å². The molecule has 1 aliphatic heterocycles. The van der Waals surface area contributed by atoms with Gasteiger partial charge in [0.25, 0.3) is 0 Å². The summed E-state index contributed by atoms with van der Waals surface area (Å²) in [6.07, 6.45) is 4.13.